The molecule has 0 saturated carbocycles. The number of rotatable bonds is 5. The van der Waals surface area contributed by atoms with E-state index >= 15 is 0 Å². The van der Waals surface area contributed by atoms with Crippen LogP contribution in [0.5, 0.6) is 5.75 Å². The monoisotopic (exact) mass is 522 g/mol. The van der Waals surface area contributed by atoms with Crippen molar-refractivity contribution in [1.29, 1.82) is 0 Å². The molecule has 2 amide bonds. The van der Waals surface area contributed by atoms with Gasteiger partial charge in [-0.25, -0.2) is 0 Å². The van der Waals surface area contributed by atoms with Crippen molar-refractivity contribution in [3.05, 3.63) is 69.5 Å². The van der Waals surface area contributed by atoms with E-state index in [1.807, 2.05) is 30.3 Å². The number of carbonyl (C=O) groups excluding carboxylic acids is 2. The minimum Gasteiger partial charge on any atom is -0.507 e. The quantitative estimate of drug-likeness (QED) is 0.449. The third-order valence-electron chi connectivity index (χ3n) is 7.36. The first kappa shape index (κ1) is 23.0. The second-order valence-corrected chi connectivity index (χ2v) is 10.3. The summed E-state index contributed by atoms with van der Waals surface area (Å²) in [5.41, 5.74) is 4.94. The van der Waals surface area contributed by atoms with E-state index in [9.17, 15) is 14.7 Å². The Morgan fingerprint density at radius 2 is 2.06 bits per heavy atom. The number of hydrogen-bond donors (Lipinski definition) is 1. The van der Waals surface area contributed by atoms with Crippen molar-refractivity contribution in [2.75, 3.05) is 13.7 Å². The summed E-state index contributed by atoms with van der Waals surface area (Å²) >= 11 is 3.48. The molecule has 176 valence electrons. The van der Waals surface area contributed by atoms with E-state index in [-0.39, 0.29) is 41.4 Å². The molecule has 5 rings (SSSR count). The smallest absolute Gasteiger partial charge is 0.233 e. The molecule has 0 bridgehead atoms. The van der Waals surface area contributed by atoms with E-state index in [1.165, 1.54) is 16.0 Å². The number of amides is 2. The largest absolute Gasteiger partial charge is 0.507 e. The van der Waals surface area contributed by atoms with Crippen LogP contribution in [-0.4, -0.2) is 46.6 Å². The van der Waals surface area contributed by atoms with Gasteiger partial charge >= 0.3 is 0 Å². The summed E-state index contributed by atoms with van der Waals surface area (Å²) in [6.07, 6.45) is 5.69. The summed E-state index contributed by atoms with van der Waals surface area (Å²) in [5, 5.41) is 10.4. The Morgan fingerprint density at radius 3 is 2.82 bits per heavy atom. The van der Waals surface area contributed by atoms with Gasteiger partial charge in [0.1, 0.15) is 5.75 Å². The summed E-state index contributed by atoms with van der Waals surface area (Å²) in [7, 11) is 1.59. The zero-order valence-electron chi connectivity index (χ0n) is 19.2. The highest BCUT2D eigenvalue weighted by Crippen LogP contribution is 2.49. The third kappa shape index (κ3) is 4.01. The fourth-order valence-electron chi connectivity index (χ4n) is 5.73. The maximum absolute atomic E-state index is 12.8. The first-order valence-electron chi connectivity index (χ1n) is 11.6. The van der Waals surface area contributed by atoms with Crippen molar-refractivity contribution in [3.63, 3.8) is 0 Å². The van der Waals surface area contributed by atoms with Crippen molar-refractivity contribution in [1.82, 2.24) is 9.88 Å². The minimum atomic E-state index is -0.300. The predicted molar refractivity (Wildman–Crippen MR) is 132 cm³/mol. The van der Waals surface area contributed by atoms with Gasteiger partial charge in [0.25, 0.3) is 0 Å². The number of imide groups is 1. The zero-order valence-corrected chi connectivity index (χ0v) is 20.8. The molecule has 2 saturated heterocycles. The molecular weight excluding hydrogens is 496 g/mol. The Kier molecular flexibility index (Phi) is 6.16. The molecule has 7 heteroatoms. The molecule has 3 aliphatic rings. The summed E-state index contributed by atoms with van der Waals surface area (Å²) in [6, 6.07) is 11.1. The van der Waals surface area contributed by atoms with Crippen LogP contribution in [0.15, 0.2) is 58.2 Å². The zero-order chi connectivity index (χ0) is 24.0. The van der Waals surface area contributed by atoms with E-state index in [0.29, 0.717) is 25.0 Å². The highest BCUT2D eigenvalue weighted by Gasteiger charge is 2.55. The number of phenols is 1. The normalized spacial score (nSPS) is 26.8. The molecule has 2 aromatic rings. The SMILES string of the molecule is CC1=C2[C@@H](CC/C(=C/c3cc(Br)ccc3O)c3ccccn3)OC[C@@H]2[C@@H]2C(=O)N(C)C(=O)[C@@H]2C1. The Morgan fingerprint density at radius 1 is 1.24 bits per heavy atom. The van der Waals surface area contributed by atoms with Crippen molar-refractivity contribution in [2.24, 2.45) is 17.8 Å². The molecule has 1 aliphatic carbocycles. The van der Waals surface area contributed by atoms with Crippen LogP contribution in [0.3, 0.4) is 0 Å². The van der Waals surface area contributed by atoms with Crippen LogP contribution in [-0.2, 0) is 14.3 Å². The second kappa shape index (κ2) is 9.12. The van der Waals surface area contributed by atoms with E-state index in [1.54, 1.807) is 25.4 Å². The van der Waals surface area contributed by atoms with Crippen molar-refractivity contribution >= 4 is 39.4 Å². The van der Waals surface area contributed by atoms with Gasteiger partial charge in [-0.05, 0) is 73.7 Å². The molecule has 1 aromatic heterocycles. The first-order valence-corrected chi connectivity index (χ1v) is 12.4. The molecule has 3 heterocycles. The van der Waals surface area contributed by atoms with Gasteiger partial charge in [-0.15, -0.1) is 0 Å². The maximum Gasteiger partial charge on any atom is 0.233 e. The molecule has 6 nitrogen and oxygen atoms in total. The Labute approximate surface area is 207 Å². The van der Waals surface area contributed by atoms with Gasteiger partial charge in [-0.1, -0.05) is 27.6 Å². The van der Waals surface area contributed by atoms with Crippen molar-refractivity contribution in [3.8, 4) is 5.75 Å². The fraction of sp³-hybridized carbons (Fsp3) is 0.370. The van der Waals surface area contributed by atoms with Crippen molar-refractivity contribution in [2.45, 2.75) is 32.3 Å². The minimum absolute atomic E-state index is 0.0263. The van der Waals surface area contributed by atoms with Crippen LogP contribution in [0.2, 0.25) is 0 Å². The van der Waals surface area contributed by atoms with Gasteiger partial charge in [0.05, 0.1) is 30.2 Å². The van der Waals surface area contributed by atoms with Gasteiger partial charge < -0.3 is 9.84 Å². The number of fused-ring (bicyclic) bond motifs is 3. The van der Waals surface area contributed by atoms with Crippen LogP contribution in [0, 0.1) is 17.8 Å². The van der Waals surface area contributed by atoms with Crippen LogP contribution >= 0.6 is 15.9 Å². The number of carbonyl (C=O) groups is 2. The highest BCUT2D eigenvalue weighted by molar-refractivity contribution is 9.10. The van der Waals surface area contributed by atoms with E-state index < -0.39 is 0 Å². The summed E-state index contributed by atoms with van der Waals surface area (Å²) in [5.74, 6) is -0.511. The van der Waals surface area contributed by atoms with Gasteiger partial charge in [0, 0.05) is 29.2 Å². The van der Waals surface area contributed by atoms with Crippen LogP contribution in [0.4, 0.5) is 0 Å². The summed E-state index contributed by atoms with van der Waals surface area (Å²) < 4.78 is 7.12. The molecule has 4 atom stereocenters. The number of ether oxygens (including phenoxy) is 1. The number of halogens is 1. The van der Waals surface area contributed by atoms with Gasteiger partial charge in [0.15, 0.2) is 0 Å². The molecule has 1 aromatic carbocycles. The van der Waals surface area contributed by atoms with Crippen LogP contribution in [0.25, 0.3) is 11.6 Å². The lowest BCUT2D eigenvalue weighted by Gasteiger charge is -2.30. The molecule has 0 unspecified atom stereocenters. The molecule has 2 aliphatic heterocycles. The molecule has 1 N–H and O–H groups in total. The standard InChI is InChI=1S/C27H27BrN2O4/c1-15-11-19-25(27(33)30(2)26(19)32)20-14-34-23(24(15)20)9-6-16(21-5-3-4-10-29-21)12-17-13-18(28)7-8-22(17)31/h3-5,7-8,10,12-13,19-20,23,25,31H,6,9,11,14H2,1-2H3/b16-12-/t19-,20+,23-,25-/m1/s1. The highest BCUT2D eigenvalue weighted by atomic mass is 79.9. The van der Waals surface area contributed by atoms with Crippen LogP contribution < -0.4 is 0 Å². The Hall–Kier alpha value is -2.77. The lowest BCUT2D eigenvalue weighted by molar-refractivity contribution is -0.138. The number of aromatic hydroxyl groups is 1. The van der Waals surface area contributed by atoms with E-state index in [2.05, 4.69) is 27.8 Å². The van der Waals surface area contributed by atoms with Gasteiger partial charge in [0.2, 0.25) is 11.8 Å². The molecule has 0 radical (unpaired) electrons. The third-order valence-corrected chi connectivity index (χ3v) is 7.86. The van der Waals surface area contributed by atoms with E-state index in [0.717, 1.165) is 22.2 Å². The number of allylic oxidation sites excluding steroid dienone is 2. The molecule has 2 fully saturated rings. The van der Waals surface area contributed by atoms with Crippen LogP contribution in [0.1, 0.15) is 37.4 Å². The molecule has 34 heavy (non-hydrogen) atoms. The maximum atomic E-state index is 12.8. The summed E-state index contributed by atoms with van der Waals surface area (Å²) in [6.45, 7) is 2.55. The number of pyridine rings is 1. The number of hydrogen-bond acceptors (Lipinski definition) is 5. The number of nitrogens with zero attached hydrogens (tertiary/aromatic N) is 2. The average molecular weight is 523 g/mol. The Balaban J connectivity index is 1.41. The molecule has 0 spiro atoms. The Bertz CT molecular complexity index is 1210. The van der Waals surface area contributed by atoms with Gasteiger partial charge in [-0.3, -0.25) is 19.5 Å². The fourth-order valence-corrected chi connectivity index (χ4v) is 6.11. The lowest BCUT2D eigenvalue weighted by atomic mass is 9.70. The topological polar surface area (TPSA) is 79.7 Å². The van der Waals surface area contributed by atoms with E-state index in [4.69, 9.17) is 4.74 Å². The summed E-state index contributed by atoms with van der Waals surface area (Å²) in [4.78, 5) is 31.2. The van der Waals surface area contributed by atoms with Crippen molar-refractivity contribution < 1.29 is 19.4 Å². The molecular formula is C27H27BrN2O4. The number of benzene rings is 1. The number of phenolic OH excluding ortho intramolecular Hbond substituents is 1. The second-order valence-electron chi connectivity index (χ2n) is 9.36. The number of likely N-dealkylation sites (tertiary alicyclic amines) is 1. The van der Waals surface area contributed by atoms with Gasteiger partial charge in [-0.2, -0.15) is 0 Å². The first-order chi connectivity index (χ1) is 16.3. The number of aromatic nitrogens is 1. The predicted octanol–water partition coefficient (Wildman–Crippen LogP) is 4.84. The average Bonchev–Trinajstić information content (AvgIpc) is 3.35. The lowest BCUT2D eigenvalue weighted by Crippen LogP contribution is -2.33.